The zero-order valence-electron chi connectivity index (χ0n) is 13.7. The van der Waals surface area contributed by atoms with Gasteiger partial charge in [0, 0.05) is 24.1 Å². The van der Waals surface area contributed by atoms with E-state index in [1.165, 1.54) is 0 Å². The molecule has 1 fully saturated rings. The molecule has 0 saturated carbocycles. The molecule has 0 N–H and O–H groups in total. The minimum absolute atomic E-state index is 0.171. The van der Waals surface area contributed by atoms with Crippen LogP contribution in [-0.2, 0) is 4.74 Å². The highest BCUT2D eigenvalue weighted by Crippen LogP contribution is 2.51. The van der Waals surface area contributed by atoms with E-state index in [4.69, 9.17) is 18.6 Å². The lowest BCUT2D eigenvalue weighted by Crippen LogP contribution is -2.30. The monoisotopic (exact) mass is 329 g/mol. The van der Waals surface area contributed by atoms with E-state index in [2.05, 4.69) is 11.9 Å². The van der Waals surface area contributed by atoms with Crippen molar-refractivity contribution in [2.75, 3.05) is 27.5 Å². The molecule has 126 valence electrons. The molecule has 0 radical (unpaired) electrons. The number of methoxy groups -OCH3 is 1. The van der Waals surface area contributed by atoms with Gasteiger partial charge in [-0.25, -0.2) is 4.79 Å². The first kappa shape index (κ1) is 14.3. The summed E-state index contributed by atoms with van der Waals surface area (Å²) in [5, 5.41) is 1.45. The van der Waals surface area contributed by atoms with Crippen molar-refractivity contribution in [1.29, 1.82) is 0 Å². The fourth-order valence-electron chi connectivity index (χ4n) is 4.53. The molecule has 6 heteroatoms. The third-order valence-corrected chi connectivity index (χ3v) is 5.65. The van der Waals surface area contributed by atoms with Crippen LogP contribution in [0.3, 0.4) is 0 Å². The van der Waals surface area contributed by atoms with E-state index in [0.29, 0.717) is 28.6 Å². The summed E-state index contributed by atoms with van der Waals surface area (Å²) in [6.45, 7) is 1.22. The Labute approximate surface area is 138 Å². The normalized spacial score (nSPS) is 28.2. The van der Waals surface area contributed by atoms with E-state index in [9.17, 15) is 4.79 Å². The highest BCUT2D eigenvalue weighted by Gasteiger charge is 2.44. The predicted molar refractivity (Wildman–Crippen MR) is 86.5 cm³/mol. The maximum absolute atomic E-state index is 12.6. The van der Waals surface area contributed by atoms with Crippen LogP contribution in [-0.4, -0.2) is 32.4 Å². The van der Waals surface area contributed by atoms with Gasteiger partial charge < -0.3 is 18.6 Å². The van der Waals surface area contributed by atoms with E-state index in [1.54, 1.807) is 13.2 Å². The lowest BCUT2D eigenvalue weighted by atomic mass is 9.79. The topological polar surface area (TPSA) is 61.1 Å². The summed E-state index contributed by atoms with van der Waals surface area (Å²) in [4.78, 5) is 14.9. The first-order valence-corrected chi connectivity index (χ1v) is 8.30. The first-order chi connectivity index (χ1) is 11.7. The third-order valence-electron chi connectivity index (χ3n) is 5.65. The van der Waals surface area contributed by atoms with Crippen molar-refractivity contribution in [2.45, 2.75) is 25.0 Å². The Balaban J connectivity index is 1.85. The minimum atomic E-state index is -0.344. The number of likely N-dealkylation sites (tertiary alicyclic amines) is 1. The van der Waals surface area contributed by atoms with E-state index in [1.807, 2.05) is 6.07 Å². The van der Waals surface area contributed by atoms with Crippen LogP contribution in [0.5, 0.6) is 11.5 Å². The van der Waals surface area contributed by atoms with Crippen LogP contribution in [0, 0.1) is 5.92 Å². The second-order valence-electron chi connectivity index (χ2n) is 6.85. The van der Waals surface area contributed by atoms with Gasteiger partial charge in [-0.15, -0.1) is 0 Å². The number of benzene rings is 1. The van der Waals surface area contributed by atoms with Gasteiger partial charge in [0.2, 0.25) is 6.79 Å². The number of rotatable bonds is 1. The average molecular weight is 329 g/mol. The number of hydrogen-bond acceptors (Lipinski definition) is 6. The standard InChI is InChI=1S/C18H19NO5/c1-19-4-3-9-5-14(21-2)17-15(16(9)19)10-6-12-13(23-8-22-12)7-11(10)18(20)24-17/h6-7,9,14,16H,3-5,8H2,1-2H3/t9-,14+,16-/m1/s1. The van der Waals surface area contributed by atoms with Gasteiger partial charge >= 0.3 is 5.63 Å². The van der Waals surface area contributed by atoms with Crippen LogP contribution in [0.2, 0.25) is 0 Å². The minimum Gasteiger partial charge on any atom is -0.454 e. The smallest absolute Gasteiger partial charge is 0.344 e. The van der Waals surface area contributed by atoms with E-state index >= 15 is 0 Å². The van der Waals surface area contributed by atoms with Gasteiger partial charge in [-0.3, -0.25) is 4.90 Å². The first-order valence-electron chi connectivity index (χ1n) is 8.30. The molecule has 1 aromatic carbocycles. The summed E-state index contributed by atoms with van der Waals surface area (Å²) >= 11 is 0. The lowest BCUT2D eigenvalue weighted by Gasteiger charge is -2.35. The molecule has 0 spiro atoms. The molecule has 1 aromatic heterocycles. The molecule has 24 heavy (non-hydrogen) atoms. The van der Waals surface area contributed by atoms with E-state index < -0.39 is 0 Å². The van der Waals surface area contributed by atoms with Gasteiger partial charge in [0.25, 0.3) is 0 Å². The molecule has 2 aliphatic heterocycles. The molecule has 1 aliphatic carbocycles. The Hall–Kier alpha value is -2.05. The Morgan fingerprint density at radius 3 is 2.71 bits per heavy atom. The fourth-order valence-corrected chi connectivity index (χ4v) is 4.53. The molecule has 2 aromatic rings. The van der Waals surface area contributed by atoms with Crippen LogP contribution in [0.4, 0.5) is 0 Å². The summed E-state index contributed by atoms with van der Waals surface area (Å²) in [5.74, 6) is 2.47. The highest BCUT2D eigenvalue weighted by atomic mass is 16.7. The zero-order chi connectivity index (χ0) is 16.4. The quantitative estimate of drug-likeness (QED) is 0.801. The molecule has 1 saturated heterocycles. The Bertz CT molecular complexity index is 889. The van der Waals surface area contributed by atoms with Crippen LogP contribution in [0.15, 0.2) is 21.3 Å². The third kappa shape index (κ3) is 1.81. The Morgan fingerprint density at radius 1 is 1.21 bits per heavy atom. The molecule has 3 heterocycles. The van der Waals surface area contributed by atoms with Crippen molar-refractivity contribution in [3.05, 3.63) is 33.9 Å². The lowest BCUT2D eigenvalue weighted by molar-refractivity contribution is 0.0388. The summed E-state index contributed by atoms with van der Waals surface area (Å²) in [5.41, 5.74) is 0.731. The van der Waals surface area contributed by atoms with Gasteiger partial charge in [0.15, 0.2) is 11.5 Å². The van der Waals surface area contributed by atoms with Gasteiger partial charge in [0.05, 0.1) is 5.39 Å². The van der Waals surface area contributed by atoms with Crippen molar-refractivity contribution in [2.24, 2.45) is 5.92 Å². The highest BCUT2D eigenvalue weighted by molar-refractivity contribution is 5.89. The van der Waals surface area contributed by atoms with Crippen molar-refractivity contribution in [1.82, 2.24) is 4.90 Å². The van der Waals surface area contributed by atoms with Crippen molar-refractivity contribution in [3.8, 4) is 11.5 Å². The number of hydrogen-bond donors (Lipinski definition) is 0. The predicted octanol–water partition coefficient (Wildman–Crippen LogP) is 2.61. The molecule has 3 aliphatic rings. The largest absolute Gasteiger partial charge is 0.454 e. The van der Waals surface area contributed by atoms with E-state index in [-0.39, 0.29) is 24.6 Å². The maximum atomic E-state index is 12.6. The van der Waals surface area contributed by atoms with Crippen LogP contribution < -0.4 is 15.1 Å². The summed E-state index contributed by atoms with van der Waals surface area (Å²) in [7, 11) is 3.81. The maximum Gasteiger partial charge on any atom is 0.344 e. The van der Waals surface area contributed by atoms with Gasteiger partial charge in [-0.2, -0.15) is 0 Å². The van der Waals surface area contributed by atoms with Crippen molar-refractivity contribution in [3.63, 3.8) is 0 Å². The summed E-state index contributed by atoms with van der Waals surface area (Å²) in [6.07, 6.45) is 1.85. The van der Waals surface area contributed by atoms with Gasteiger partial charge in [0.1, 0.15) is 11.9 Å². The van der Waals surface area contributed by atoms with Gasteiger partial charge in [-0.1, -0.05) is 0 Å². The number of fused-ring (bicyclic) bond motifs is 6. The van der Waals surface area contributed by atoms with E-state index in [0.717, 1.165) is 30.3 Å². The van der Waals surface area contributed by atoms with Crippen molar-refractivity contribution >= 4 is 10.8 Å². The molecular formula is C18H19NO5. The Kier molecular flexibility index (Phi) is 2.96. The average Bonchev–Trinajstić information content (AvgIpc) is 3.19. The van der Waals surface area contributed by atoms with Gasteiger partial charge in [-0.05, 0) is 44.5 Å². The molecule has 0 unspecified atom stereocenters. The second kappa shape index (κ2) is 4.97. The number of nitrogens with zero attached hydrogens (tertiary/aromatic N) is 1. The second-order valence-corrected chi connectivity index (χ2v) is 6.85. The summed E-state index contributed by atoms with van der Waals surface area (Å²) in [6, 6.07) is 3.91. The molecular weight excluding hydrogens is 310 g/mol. The molecule has 3 atom stereocenters. The van der Waals surface area contributed by atoms with Crippen LogP contribution in [0.1, 0.15) is 36.3 Å². The Morgan fingerprint density at radius 2 is 1.96 bits per heavy atom. The van der Waals surface area contributed by atoms with Crippen LogP contribution in [0.25, 0.3) is 10.8 Å². The zero-order valence-corrected chi connectivity index (χ0v) is 13.7. The molecule has 0 amide bonds. The van der Waals surface area contributed by atoms with Crippen LogP contribution >= 0.6 is 0 Å². The summed E-state index contributed by atoms with van der Waals surface area (Å²) < 4.78 is 22.3. The molecule has 6 nitrogen and oxygen atoms in total. The SMILES string of the molecule is CO[C@H]1C[C@H]2CCN(C)[C@H]2c2c1oc(=O)c1cc3c(cc21)OCO3. The molecule has 5 rings (SSSR count). The fraction of sp³-hybridized carbons (Fsp3) is 0.500. The molecule has 0 bridgehead atoms. The van der Waals surface area contributed by atoms with Crippen molar-refractivity contribution < 1.29 is 18.6 Å². The number of ether oxygens (including phenoxy) is 3.